The predicted octanol–water partition coefficient (Wildman–Crippen LogP) is -0.676. The van der Waals surface area contributed by atoms with Crippen LogP contribution in [0.3, 0.4) is 0 Å². The zero-order valence-electron chi connectivity index (χ0n) is 7.65. The molecule has 1 unspecified atom stereocenters. The van der Waals surface area contributed by atoms with Crippen molar-refractivity contribution in [2.45, 2.75) is 6.29 Å². The van der Waals surface area contributed by atoms with Crippen molar-refractivity contribution >= 4 is 19.8 Å². The Kier molecular flexibility index (Phi) is 5.16. The van der Waals surface area contributed by atoms with E-state index in [0.717, 1.165) is 7.11 Å². The summed E-state index contributed by atoms with van der Waals surface area (Å²) in [5, 5.41) is 0. The standard InChI is InChI=1S/C6H9O8P/c1-3-4(7)13-6(5(8)12-2)14-15(9,10)11/h3,6H,1H2,2H3,(H2,9,10,11). The molecule has 9 heteroatoms. The number of phosphoric ester groups is 1. The predicted molar refractivity (Wildman–Crippen MR) is 45.2 cm³/mol. The minimum absolute atomic E-state index is 0.693. The summed E-state index contributed by atoms with van der Waals surface area (Å²) in [4.78, 5) is 38.3. The molecule has 0 aromatic heterocycles. The van der Waals surface area contributed by atoms with Gasteiger partial charge < -0.3 is 19.3 Å². The summed E-state index contributed by atoms with van der Waals surface area (Å²) in [7, 11) is -4.04. The molecule has 0 aliphatic carbocycles. The average Bonchev–Trinajstić information content (AvgIpc) is 2.13. The number of hydrogen-bond donors (Lipinski definition) is 2. The molecule has 0 amide bonds. The molecule has 8 nitrogen and oxygen atoms in total. The molecule has 0 saturated carbocycles. The van der Waals surface area contributed by atoms with Crippen LogP contribution in [0.25, 0.3) is 0 Å². The maximum atomic E-state index is 10.8. The van der Waals surface area contributed by atoms with Crippen LogP contribution in [0.5, 0.6) is 0 Å². The summed E-state index contributed by atoms with van der Waals surface area (Å²) < 4.78 is 22.5. The van der Waals surface area contributed by atoms with Crippen LogP contribution in [-0.2, 0) is 28.2 Å². The summed E-state index contributed by atoms with van der Waals surface area (Å²) in [6, 6.07) is 0. The molecule has 0 fully saturated rings. The van der Waals surface area contributed by atoms with Crippen LogP contribution in [0.4, 0.5) is 0 Å². The average molecular weight is 240 g/mol. The Balaban J connectivity index is 4.59. The van der Waals surface area contributed by atoms with E-state index in [0.29, 0.717) is 6.08 Å². The highest BCUT2D eigenvalue weighted by Gasteiger charge is 2.31. The highest BCUT2D eigenvalue weighted by atomic mass is 31.2. The highest BCUT2D eigenvalue weighted by Crippen LogP contribution is 2.38. The number of methoxy groups -OCH3 is 1. The van der Waals surface area contributed by atoms with Crippen LogP contribution in [0.2, 0.25) is 0 Å². The van der Waals surface area contributed by atoms with Gasteiger partial charge >= 0.3 is 26.1 Å². The first-order valence-corrected chi connectivity index (χ1v) is 4.98. The van der Waals surface area contributed by atoms with Crippen LogP contribution in [0.15, 0.2) is 12.7 Å². The van der Waals surface area contributed by atoms with E-state index in [1.165, 1.54) is 0 Å². The van der Waals surface area contributed by atoms with E-state index in [1.807, 2.05) is 0 Å². The smallest absolute Gasteiger partial charge is 0.464 e. The molecule has 15 heavy (non-hydrogen) atoms. The lowest BCUT2D eigenvalue weighted by molar-refractivity contribution is -0.183. The van der Waals surface area contributed by atoms with Gasteiger partial charge in [0, 0.05) is 6.08 Å². The molecule has 1 atom stereocenters. The molecule has 0 aromatic rings. The highest BCUT2D eigenvalue weighted by molar-refractivity contribution is 7.46. The third-order valence-electron chi connectivity index (χ3n) is 1.02. The Labute approximate surface area is 84.7 Å². The fraction of sp³-hybridized carbons (Fsp3) is 0.333. The maximum absolute atomic E-state index is 10.8. The van der Waals surface area contributed by atoms with Gasteiger partial charge in [-0.3, -0.25) is 0 Å². The molecule has 0 saturated heterocycles. The van der Waals surface area contributed by atoms with Crippen molar-refractivity contribution in [3.05, 3.63) is 12.7 Å². The summed E-state index contributed by atoms with van der Waals surface area (Å²) >= 11 is 0. The third kappa shape index (κ3) is 5.97. The van der Waals surface area contributed by atoms with Crippen molar-refractivity contribution in [3.8, 4) is 0 Å². The lowest BCUT2D eigenvalue weighted by atomic mass is 10.6. The van der Waals surface area contributed by atoms with Crippen molar-refractivity contribution < 1.29 is 37.9 Å². The van der Waals surface area contributed by atoms with Gasteiger partial charge in [-0.25, -0.2) is 18.7 Å². The van der Waals surface area contributed by atoms with Crippen molar-refractivity contribution in [1.29, 1.82) is 0 Å². The number of phosphoric acid groups is 1. The minimum atomic E-state index is -4.97. The van der Waals surface area contributed by atoms with Gasteiger partial charge in [0.1, 0.15) is 0 Å². The second-order valence-electron chi connectivity index (χ2n) is 2.09. The van der Waals surface area contributed by atoms with Crippen molar-refractivity contribution in [3.63, 3.8) is 0 Å². The zero-order valence-corrected chi connectivity index (χ0v) is 8.55. The number of rotatable bonds is 5. The normalized spacial score (nSPS) is 12.7. The molecule has 0 aromatic carbocycles. The molecule has 0 aliphatic rings. The molecule has 0 heterocycles. The summed E-state index contributed by atoms with van der Waals surface area (Å²) in [6.07, 6.45) is -1.43. The van der Waals surface area contributed by atoms with Crippen LogP contribution >= 0.6 is 7.82 Å². The number of ether oxygens (including phenoxy) is 2. The maximum Gasteiger partial charge on any atom is 0.473 e. The lowest BCUT2D eigenvalue weighted by Crippen LogP contribution is -2.29. The Morgan fingerprint density at radius 2 is 2.00 bits per heavy atom. The fourth-order valence-corrected chi connectivity index (χ4v) is 0.866. The molecule has 0 rings (SSSR count). The molecular formula is C6H9O8P. The Hall–Kier alpha value is -1.21. The first-order valence-electron chi connectivity index (χ1n) is 3.45. The molecule has 0 spiro atoms. The summed E-state index contributed by atoms with van der Waals surface area (Å²) in [5.74, 6) is -2.34. The first kappa shape index (κ1) is 13.8. The number of esters is 2. The van der Waals surface area contributed by atoms with Crippen LogP contribution in [0, 0.1) is 0 Å². The Morgan fingerprint density at radius 3 is 2.33 bits per heavy atom. The molecule has 2 N–H and O–H groups in total. The van der Waals surface area contributed by atoms with E-state index < -0.39 is 26.1 Å². The molecule has 0 radical (unpaired) electrons. The quantitative estimate of drug-likeness (QED) is 0.281. The number of carbonyl (C=O) groups excluding carboxylic acids is 2. The zero-order chi connectivity index (χ0) is 12.1. The van der Waals surface area contributed by atoms with Gasteiger partial charge in [0.2, 0.25) is 0 Å². The first-order chi connectivity index (χ1) is 6.80. The fourth-order valence-electron chi connectivity index (χ4n) is 0.487. The van der Waals surface area contributed by atoms with Crippen molar-refractivity contribution in [1.82, 2.24) is 0 Å². The van der Waals surface area contributed by atoms with Gasteiger partial charge in [-0.05, 0) is 0 Å². The van der Waals surface area contributed by atoms with Gasteiger partial charge in [0.25, 0.3) is 0 Å². The van der Waals surface area contributed by atoms with Crippen LogP contribution in [-0.4, -0.2) is 35.1 Å². The SMILES string of the molecule is C=CC(=O)OC(OP(=O)(O)O)C(=O)OC. The molecule has 86 valence electrons. The van der Waals surface area contributed by atoms with Gasteiger partial charge in [0.15, 0.2) is 0 Å². The van der Waals surface area contributed by atoms with Crippen LogP contribution in [0.1, 0.15) is 0 Å². The topological polar surface area (TPSA) is 119 Å². The van der Waals surface area contributed by atoms with Crippen molar-refractivity contribution in [2.24, 2.45) is 0 Å². The number of carbonyl (C=O) groups is 2. The van der Waals surface area contributed by atoms with Gasteiger partial charge in [-0.1, -0.05) is 6.58 Å². The van der Waals surface area contributed by atoms with E-state index in [1.54, 1.807) is 0 Å². The van der Waals surface area contributed by atoms with Gasteiger partial charge in [-0.15, -0.1) is 0 Å². The van der Waals surface area contributed by atoms with E-state index in [2.05, 4.69) is 20.6 Å². The van der Waals surface area contributed by atoms with Gasteiger partial charge in [0.05, 0.1) is 7.11 Å². The number of hydrogen-bond acceptors (Lipinski definition) is 6. The Morgan fingerprint density at radius 1 is 1.47 bits per heavy atom. The lowest BCUT2D eigenvalue weighted by Gasteiger charge is -2.15. The van der Waals surface area contributed by atoms with Crippen molar-refractivity contribution in [2.75, 3.05) is 7.11 Å². The molecule has 0 aliphatic heterocycles. The Bertz CT molecular complexity index is 304. The monoisotopic (exact) mass is 240 g/mol. The molecule has 0 bridgehead atoms. The molecular weight excluding hydrogens is 231 g/mol. The van der Waals surface area contributed by atoms with Crippen LogP contribution < -0.4 is 0 Å². The third-order valence-corrected chi connectivity index (χ3v) is 1.48. The second-order valence-corrected chi connectivity index (χ2v) is 3.28. The van der Waals surface area contributed by atoms with E-state index in [9.17, 15) is 14.2 Å². The summed E-state index contributed by atoms with van der Waals surface area (Å²) in [5.41, 5.74) is 0. The minimum Gasteiger partial charge on any atom is -0.464 e. The second kappa shape index (κ2) is 5.62. The summed E-state index contributed by atoms with van der Waals surface area (Å²) in [6.45, 7) is 3.02. The van der Waals surface area contributed by atoms with E-state index >= 15 is 0 Å². The largest absolute Gasteiger partial charge is 0.473 e. The van der Waals surface area contributed by atoms with Gasteiger partial charge in [-0.2, -0.15) is 0 Å². The van der Waals surface area contributed by atoms with E-state index in [-0.39, 0.29) is 0 Å². The van der Waals surface area contributed by atoms with E-state index in [4.69, 9.17) is 9.79 Å².